The predicted octanol–water partition coefficient (Wildman–Crippen LogP) is 2.78. The zero-order valence-corrected chi connectivity index (χ0v) is 19.3. The van der Waals surface area contributed by atoms with Crippen LogP contribution in [-0.2, 0) is 14.3 Å². The standard InChI is InChI=1S/C24H29N5O5/c1-3-16-7-5-6-12-29(16)24-27-20-19(22(32)28-24)17(13-18(30)26-20)21(31)25-15-10-8-14(9-11-15)23(33)34-4-2/h8-11,16-17H,3-7,12-13H2,1-2H3,(H,25,31)(H2,26,27,28,30,32)/t16-,17+/m1/s1. The third-order valence-electron chi connectivity index (χ3n) is 6.29. The van der Waals surface area contributed by atoms with E-state index in [1.807, 2.05) is 0 Å². The molecule has 1 saturated heterocycles. The lowest BCUT2D eigenvalue weighted by Crippen LogP contribution is -2.43. The van der Waals surface area contributed by atoms with Gasteiger partial charge in [0.05, 0.1) is 23.7 Å². The second kappa shape index (κ2) is 10.1. The predicted molar refractivity (Wildman–Crippen MR) is 127 cm³/mol. The molecule has 4 rings (SSSR count). The summed E-state index contributed by atoms with van der Waals surface area (Å²) in [6.45, 7) is 4.86. The van der Waals surface area contributed by atoms with Crippen LogP contribution in [0.3, 0.4) is 0 Å². The number of fused-ring (bicyclic) bond motifs is 1. The molecule has 1 fully saturated rings. The van der Waals surface area contributed by atoms with Gasteiger partial charge < -0.3 is 20.3 Å². The number of piperidine rings is 1. The second-order valence-corrected chi connectivity index (χ2v) is 8.50. The fraction of sp³-hybridized carbons (Fsp3) is 0.458. The highest BCUT2D eigenvalue weighted by atomic mass is 16.5. The Balaban J connectivity index is 1.57. The maximum absolute atomic E-state index is 13.1. The highest BCUT2D eigenvalue weighted by molar-refractivity contribution is 6.04. The van der Waals surface area contributed by atoms with Crippen LogP contribution in [0.15, 0.2) is 29.1 Å². The molecule has 3 heterocycles. The zero-order chi connectivity index (χ0) is 24.2. The number of hydrogen-bond donors (Lipinski definition) is 3. The first-order valence-electron chi connectivity index (χ1n) is 11.7. The van der Waals surface area contributed by atoms with Gasteiger partial charge in [0.15, 0.2) is 0 Å². The highest BCUT2D eigenvalue weighted by Gasteiger charge is 2.35. The first kappa shape index (κ1) is 23.5. The van der Waals surface area contributed by atoms with Gasteiger partial charge in [-0.25, -0.2) is 4.79 Å². The van der Waals surface area contributed by atoms with Gasteiger partial charge in [-0.05, 0) is 56.9 Å². The summed E-state index contributed by atoms with van der Waals surface area (Å²) >= 11 is 0. The quantitative estimate of drug-likeness (QED) is 0.556. The van der Waals surface area contributed by atoms with Crippen molar-refractivity contribution in [1.29, 1.82) is 0 Å². The Labute approximate surface area is 197 Å². The van der Waals surface area contributed by atoms with Crippen LogP contribution < -0.4 is 21.1 Å². The molecule has 10 nitrogen and oxygen atoms in total. The van der Waals surface area contributed by atoms with E-state index in [9.17, 15) is 19.2 Å². The molecule has 1 aromatic carbocycles. The Kier molecular flexibility index (Phi) is 6.95. The number of anilines is 3. The number of nitrogens with one attached hydrogen (secondary N) is 3. The topological polar surface area (TPSA) is 133 Å². The molecule has 10 heteroatoms. The summed E-state index contributed by atoms with van der Waals surface area (Å²) in [4.78, 5) is 59.8. The van der Waals surface area contributed by atoms with E-state index in [0.29, 0.717) is 17.2 Å². The van der Waals surface area contributed by atoms with Crippen molar-refractivity contribution in [3.05, 3.63) is 45.7 Å². The van der Waals surface area contributed by atoms with Crippen molar-refractivity contribution in [1.82, 2.24) is 9.97 Å². The minimum Gasteiger partial charge on any atom is -0.462 e. The third kappa shape index (κ3) is 4.80. The van der Waals surface area contributed by atoms with Crippen LogP contribution in [0.2, 0.25) is 0 Å². The molecule has 0 radical (unpaired) electrons. The van der Waals surface area contributed by atoms with Crippen LogP contribution in [0.25, 0.3) is 0 Å². The van der Waals surface area contributed by atoms with Crippen molar-refractivity contribution in [2.75, 3.05) is 28.7 Å². The number of benzene rings is 1. The Morgan fingerprint density at radius 3 is 2.65 bits per heavy atom. The lowest BCUT2D eigenvalue weighted by Gasteiger charge is -2.36. The van der Waals surface area contributed by atoms with Gasteiger partial charge in [0.1, 0.15) is 5.82 Å². The SMILES string of the molecule is CCOC(=O)c1ccc(NC(=O)[C@H]2CC(=O)Nc3nc(N4CCCC[C@H]4CC)[nH]c(=O)c32)cc1. The number of rotatable bonds is 6. The fourth-order valence-corrected chi connectivity index (χ4v) is 4.56. The molecule has 2 atom stereocenters. The van der Waals surface area contributed by atoms with Crippen molar-refractivity contribution in [2.45, 2.75) is 57.9 Å². The molecule has 0 spiro atoms. The number of H-pyrrole nitrogens is 1. The van der Waals surface area contributed by atoms with E-state index in [-0.39, 0.29) is 36.4 Å². The molecule has 2 aromatic rings. The van der Waals surface area contributed by atoms with Gasteiger partial charge >= 0.3 is 5.97 Å². The Hall–Kier alpha value is -3.69. The summed E-state index contributed by atoms with van der Waals surface area (Å²) in [5.41, 5.74) is 0.511. The van der Waals surface area contributed by atoms with Crippen molar-refractivity contribution in [3.8, 4) is 0 Å². The second-order valence-electron chi connectivity index (χ2n) is 8.50. The van der Waals surface area contributed by atoms with Gasteiger partial charge in [0, 0.05) is 24.7 Å². The minimum absolute atomic E-state index is 0.133. The van der Waals surface area contributed by atoms with Crippen LogP contribution in [0.5, 0.6) is 0 Å². The molecule has 3 N–H and O–H groups in total. The normalized spacial score (nSPS) is 19.7. The summed E-state index contributed by atoms with van der Waals surface area (Å²) in [5, 5.41) is 5.40. The number of carbonyl (C=O) groups excluding carboxylic acids is 3. The van der Waals surface area contributed by atoms with Gasteiger partial charge in [0.25, 0.3) is 5.56 Å². The molecule has 0 aliphatic carbocycles. The molecule has 0 unspecified atom stereocenters. The number of amides is 2. The zero-order valence-electron chi connectivity index (χ0n) is 19.3. The van der Waals surface area contributed by atoms with Crippen LogP contribution >= 0.6 is 0 Å². The number of esters is 1. The maximum Gasteiger partial charge on any atom is 0.338 e. The lowest BCUT2D eigenvalue weighted by molar-refractivity contribution is -0.123. The molecule has 0 bridgehead atoms. The molecule has 180 valence electrons. The number of hydrogen-bond acceptors (Lipinski definition) is 7. The van der Waals surface area contributed by atoms with Crippen LogP contribution in [-0.4, -0.2) is 46.9 Å². The van der Waals surface area contributed by atoms with Crippen molar-refractivity contribution in [2.24, 2.45) is 0 Å². The fourth-order valence-electron chi connectivity index (χ4n) is 4.56. The highest BCUT2D eigenvalue weighted by Crippen LogP contribution is 2.31. The largest absolute Gasteiger partial charge is 0.462 e. The molecule has 2 amide bonds. The summed E-state index contributed by atoms with van der Waals surface area (Å²) in [6, 6.07) is 6.49. The molecule has 0 saturated carbocycles. The van der Waals surface area contributed by atoms with Crippen LogP contribution in [0.1, 0.15) is 67.8 Å². The molecular formula is C24H29N5O5. The van der Waals surface area contributed by atoms with E-state index >= 15 is 0 Å². The summed E-state index contributed by atoms with van der Waals surface area (Å²) < 4.78 is 4.96. The van der Waals surface area contributed by atoms with E-state index in [0.717, 1.165) is 32.2 Å². The van der Waals surface area contributed by atoms with Gasteiger partial charge in [-0.1, -0.05) is 6.92 Å². The van der Waals surface area contributed by atoms with Crippen molar-refractivity contribution in [3.63, 3.8) is 0 Å². The maximum atomic E-state index is 13.1. The molecular weight excluding hydrogens is 438 g/mol. The molecule has 2 aliphatic rings. The number of aromatic nitrogens is 2. The summed E-state index contributed by atoms with van der Waals surface area (Å²) in [7, 11) is 0. The molecule has 2 aliphatic heterocycles. The number of aromatic amines is 1. The van der Waals surface area contributed by atoms with E-state index in [1.54, 1.807) is 31.2 Å². The molecule has 34 heavy (non-hydrogen) atoms. The van der Waals surface area contributed by atoms with E-state index in [2.05, 4.69) is 32.4 Å². The Bertz CT molecular complexity index is 1140. The van der Waals surface area contributed by atoms with Crippen LogP contribution in [0.4, 0.5) is 17.5 Å². The monoisotopic (exact) mass is 467 g/mol. The number of ether oxygens (including phenoxy) is 1. The first-order valence-corrected chi connectivity index (χ1v) is 11.7. The number of carbonyl (C=O) groups is 3. The summed E-state index contributed by atoms with van der Waals surface area (Å²) in [5.74, 6) is -1.75. The van der Waals surface area contributed by atoms with E-state index in [1.165, 1.54) is 0 Å². The smallest absolute Gasteiger partial charge is 0.338 e. The van der Waals surface area contributed by atoms with Gasteiger partial charge in [-0.3, -0.25) is 19.4 Å². The molecule has 1 aromatic heterocycles. The minimum atomic E-state index is -0.984. The summed E-state index contributed by atoms with van der Waals surface area (Å²) in [6.07, 6.45) is 3.91. The van der Waals surface area contributed by atoms with Crippen molar-refractivity contribution >= 4 is 35.2 Å². The van der Waals surface area contributed by atoms with Crippen LogP contribution in [0, 0.1) is 0 Å². The first-order chi connectivity index (χ1) is 16.4. The van der Waals surface area contributed by atoms with Gasteiger partial charge in [0.2, 0.25) is 17.8 Å². The van der Waals surface area contributed by atoms with Gasteiger partial charge in [-0.2, -0.15) is 4.98 Å². The van der Waals surface area contributed by atoms with E-state index < -0.39 is 23.4 Å². The third-order valence-corrected chi connectivity index (χ3v) is 6.29. The Morgan fingerprint density at radius 2 is 1.94 bits per heavy atom. The Morgan fingerprint density at radius 1 is 1.18 bits per heavy atom. The average molecular weight is 468 g/mol. The van der Waals surface area contributed by atoms with Gasteiger partial charge in [-0.15, -0.1) is 0 Å². The lowest BCUT2D eigenvalue weighted by atomic mass is 9.92. The van der Waals surface area contributed by atoms with Crippen molar-refractivity contribution < 1.29 is 19.1 Å². The average Bonchev–Trinajstić information content (AvgIpc) is 2.83. The number of nitrogens with zero attached hydrogens (tertiary/aromatic N) is 2. The van der Waals surface area contributed by atoms with E-state index in [4.69, 9.17) is 4.74 Å².